The molecule has 4 amide bonds. The highest BCUT2D eigenvalue weighted by Crippen LogP contribution is 2.27. The number of aromatic nitrogens is 1. The SMILES string of the molecule is Cc1[nH]c2ccc(C(=O)OCC(=O)NN3C(=O)N[C@@](C)(c4ccccc4)C3=O)cc2c1C. The Morgan fingerprint density at radius 3 is 2.53 bits per heavy atom. The number of aromatic amines is 1. The van der Waals surface area contributed by atoms with Gasteiger partial charge in [0.25, 0.3) is 11.8 Å². The molecule has 2 aromatic carbocycles. The van der Waals surface area contributed by atoms with E-state index in [1.807, 2.05) is 13.8 Å². The van der Waals surface area contributed by atoms with Crippen molar-refractivity contribution in [1.29, 1.82) is 0 Å². The van der Waals surface area contributed by atoms with Gasteiger partial charge in [0.15, 0.2) is 6.61 Å². The van der Waals surface area contributed by atoms with Gasteiger partial charge in [-0.25, -0.2) is 9.59 Å². The minimum atomic E-state index is -1.32. The number of hydrazine groups is 1. The van der Waals surface area contributed by atoms with Crippen LogP contribution in [0, 0.1) is 13.8 Å². The van der Waals surface area contributed by atoms with Crippen molar-refractivity contribution in [2.75, 3.05) is 6.61 Å². The van der Waals surface area contributed by atoms with Crippen LogP contribution in [0.4, 0.5) is 4.79 Å². The van der Waals surface area contributed by atoms with E-state index in [0.717, 1.165) is 22.2 Å². The Kier molecular flexibility index (Phi) is 5.17. The molecule has 1 atom stereocenters. The van der Waals surface area contributed by atoms with Crippen LogP contribution in [0.5, 0.6) is 0 Å². The van der Waals surface area contributed by atoms with Crippen LogP contribution in [0.2, 0.25) is 0 Å². The number of benzene rings is 2. The summed E-state index contributed by atoms with van der Waals surface area (Å²) < 4.78 is 5.07. The maximum absolute atomic E-state index is 12.8. The molecule has 32 heavy (non-hydrogen) atoms. The van der Waals surface area contributed by atoms with E-state index in [1.165, 1.54) is 0 Å². The van der Waals surface area contributed by atoms with Gasteiger partial charge in [-0.15, -0.1) is 0 Å². The molecule has 0 saturated carbocycles. The topological polar surface area (TPSA) is 121 Å². The molecule has 2 heterocycles. The first-order valence-corrected chi connectivity index (χ1v) is 9.98. The number of esters is 1. The molecule has 4 rings (SSSR count). The predicted octanol–water partition coefficient (Wildman–Crippen LogP) is 2.44. The van der Waals surface area contributed by atoms with Crippen LogP contribution in [0.3, 0.4) is 0 Å². The Labute approximate surface area is 183 Å². The molecule has 9 nitrogen and oxygen atoms in total. The first-order valence-electron chi connectivity index (χ1n) is 9.98. The molecule has 0 bridgehead atoms. The quantitative estimate of drug-likeness (QED) is 0.421. The fraction of sp³-hybridized carbons (Fsp3) is 0.217. The fourth-order valence-corrected chi connectivity index (χ4v) is 3.67. The third-order valence-corrected chi connectivity index (χ3v) is 5.66. The van der Waals surface area contributed by atoms with E-state index in [9.17, 15) is 19.2 Å². The number of carbonyl (C=O) groups excluding carboxylic acids is 4. The highest BCUT2D eigenvalue weighted by atomic mass is 16.5. The normalized spacial score (nSPS) is 18.0. The Bertz CT molecular complexity index is 1250. The Balaban J connectivity index is 1.40. The van der Waals surface area contributed by atoms with E-state index in [-0.39, 0.29) is 0 Å². The average molecular weight is 434 g/mol. The molecular formula is C23H22N4O5. The summed E-state index contributed by atoms with van der Waals surface area (Å²) in [6.45, 7) is 4.78. The van der Waals surface area contributed by atoms with E-state index in [2.05, 4.69) is 15.7 Å². The van der Waals surface area contributed by atoms with Gasteiger partial charge in [-0.3, -0.25) is 15.0 Å². The van der Waals surface area contributed by atoms with E-state index in [0.29, 0.717) is 16.1 Å². The Hall–Kier alpha value is -4.14. The minimum absolute atomic E-state index is 0.291. The van der Waals surface area contributed by atoms with Crippen LogP contribution in [0.25, 0.3) is 10.9 Å². The number of carbonyl (C=O) groups is 4. The zero-order valence-corrected chi connectivity index (χ0v) is 17.8. The molecule has 1 saturated heterocycles. The standard InChI is InChI=1S/C23H22N4O5/c1-13-14(2)24-18-10-9-15(11-17(13)18)20(29)32-12-19(28)26-27-21(30)23(3,25-22(27)31)16-7-5-4-6-8-16/h4-11,24H,12H2,1-3H3,(H,25,31)(H,26,28)/t23-/m0/s1. The van der Waals surface area contributed by atoms with E-state index >= 15 is 0 Å². The van der Waals surface area contributed by atoms with Crippen LogP contribution in [-0.4, -0.2) is 40.4 Å². The van der Waals surface area contributed by atoms with Crippen molar-refractivity contribution in [2.45, 2.75) is 26.3 Å². The lowest BCUT2D eigenvalue weighted by Crippen LogP contribution is -2.49. The molecule has 0 spiro atoms. The summed E-state index contributed by atoms with van der Waals surface area (Å²) in [5, 5.41) is 4.07. The third-order valence-electron chi connectivity index (χ3n) is 5.66. The van der Waals surface area contributed by atoms with Gasteiger partial charge in [-0.2, -0.15) is 5.01 Å². The summed E-state index contributed by atoms with van der Waals surface area (Å²) in [6.07, 6.45) is 0. The van der Waals surface area contributed by atoms with Crippen LogP contribution in [-0.2, 0) is 19.9 Å². The number of amides is 4. The third kappa shape index (κ3) is 3.58. The van der Waals surface area contributed by atoms with Crippen LogP contribution < -0.4 is 10.7 Å². The van der Waals surface area contributed by atoms with Crippen molar-refractivity contribution in [3.05, 3.63) is 70.9 Å². The van der Waals surface area contributed by atoms with Gasteiger partial charge in [0.1, 0.15) is 5.54 Å². The van der Waals surface area contributed by atoms with Gasteiger partial charge in [-0.1, -0.05) is 30.3 Å². The molecular weight excluding hydrogens is 412 g/mol. The van der Waals surface area contributed by atoms with Gasteiger partial charge in [0, 0.05) is 16.6 Å². The zero-order chi connectivity index (χ0) is 23.0. The second-order valence-corrected chi connectivity index (χ2v) is 7.81. The zero-order valence-electron chi connectivity index (χ0n) is 17.8. The first kappa shape index (κ1) is 21.1. The van der Waals surface area contributed by atoms with Crippen LogP contribution in [0.15, 0.2) is 48.5 Å². The largest absolute Gasteiger partial charge is 0.452 e. The van der Waals surface area contributed by atoms with Gasteiger partial charge in [-0.05, 0) is 50.1 Å². The minimum Gasteiger partial charge on any atom is -0.452 e. The molecule has 1 fully saturated rings. The second kappa shape index (κ2) is 7.84. The molecule has 1 aliphatic rings. The number of imide groups is 1. The van der Waals surface area contributed by atoms with Gasteiger partial charge in [0.05, 0.1) is 5.56 Å². The van der Waals surface area contributed by atoms with Crippen molar-refractivity contribution < 1.29 is 23.9 Å². The molecule has 3 aromatic rings. The van der Waals surface area contributed by atoms with Crippen molar-refractivity contribution in [3.8, 4) is 0 Å². The highest BCUT2D eigenvalue weighted by Gasteiger charge is 2.50. The number of aryl methyl sites for hydroxylation is 2. The number of ether oxygens (including phenoxy) is 1. The first-order chi connectivity index (χ1) is 15.2. The maximum Gasteiger partial charge on any atom is 0.344 e. The lowest BCUT2D eigenvalue weighted by molar-refractivity contribution is -0.140. The van der Waals surface area contributed by atoms with Crippen LogP contribution >= 0.6 is 0 Å². The smallest absolute Gasteiger partial charge is 0.344 e. The lowest BCUT2D eigenvalue weighted by atomic mass is 9.92. The van der Waals surface area contributed by atoms with Crippen molar-refractivity contribution in [2.24, 2.45) is 0 Å². The number of rotatable bonds is 5. The van der Waals surface area contributed by atoms with Crippen LogP contribution in [0.1, 0.15) is 34.1 Å². The summed E-state index contributed by atoms with van der Waals surface area (Å²) in [5.74, 6) is -2.14. The summed E-state index contributed by atoms with van der Waals surface area (Å²) in [4.78, 5) is 53.0. The Morgan fingerprint density at radius 1 is 1.09 bits per heavy atom. The second-order valence-electron chi connectivity index (χ2n) is 7.81. The van der Waals surface area contributed by atoms with Gasteiger partial charge in [0.2, 0.25) is 0 Å². The van der Waals surface area contributed by atoms with E-state index in [4.69, 9.17) is 4.74 Å². The maximum atomic E-state index is 12.8. The number of nitrogens with zero attached hydrogens (tertiary/aromatic N) is 1. The highest BCUT2D eigenvalue weighted by molar-refractivity contribution is 6.08. The monoisotopic (exact) mass is 434 g/mol. The number of urea groups is 1. The number of fused-ring (bicyclic) bond motifs is 1. The van der Waals surface area contributed by atoms with E-state index < -0.39 is 36.0 Å². The molecule has 0 aliphatic carbocycles. The lowest BCUT2D eigenvalue weighted by Gasteiger charge is -2.22. The van der Waals surface area contributed by atoms with Crippen molar-refractivity contribution >= 4 is 34.7 Å². The van der Waals surface area contributed by atoms with Crippen molar-refractivity contribution in [3.63, 3.8) is 0 Å². The molecule has 0 unspecified atom stereocenters. The fourth-order valence-electron chi connectivity index (χ4n) is 3.67. The number of H-pyrrole nitrogens is 1. The summed E-state index contributed by atoms with van der Waals surface area (Å²) in [7, 11) is 0. The Morgan fingerprint density at radius 2 is 1.81 bits per heavy atom. The molecule has 3 N–H and O–H groups in total. The molecule has 9 heteroatoms. The van der Waals surface area contributed by atoms with Gasteiger partial charge < -0.3 is 15.0 Å². The summed E-state index contributed by atoms with van der Waals surface area (Å²) in [6, 6.07) is 13.0. The predicted molar refractivity (Wildman–Crippen MR) is 115 cm³/mol. The molecule has 1 aliphatic heterocycles. The number of nitrogens with one attached hydrogen (secondary N) is 3. The van der Waals surface area contributed by atoms with Gasteiger partial charge >= 0.3 is 12.0 Å². The number of hydrogen-bond acceptors (Lipinski definition) is 5. The van der Waals surface area contributed by atoms with E-state index in [1.54, 1.807) is 55.5 Å². The summed E-state index contributed by atoms with van der Waals surface area (Å²) >= 11 is 0. The molecule has 164 valence electrons. The van der Waals surface area contributed by atoms with Crippen molar-refractivity contribution in [1.82, 2.24) is 20.7 Å². The number of hydrogen-bond donors (Lipinski definition) is 3. The molecule has 1 aromatic heterocycles. The molecule has 0 radical (unpaired) electrons. The average Bonchev–Trinajstić information content (AvgIpc) is 3.19. The summed E-state index contributed by atoms with van der Waals surface area (Å²) in [5.41, 5.74) is 4.67.